The lowest BCUT2D eigenvalue weighted by Crippen LogP contribution is -2.10. The summed E-state index contributed by atoms with van der Waals surface area (Å²) in [5, 5.41) is 7.36. The molecule has 2 aromatic carbocycles. The molecule has 0 atom stereocenters. The van der Waals surface area contributed by atoms with E-state index in [-0.39, 0.29) is 10.8 Å². The lowest BCUT2D eigenvalue weighted by molar-refractivity contribution is 0.532. The minimum atomic E-state index is 0.117. The minimum absolute atomic E-state index is 0.117. The van der Waals surface area contributed by atoms with Crippen LogP contribution in [0.4, 0.5) is 0 Å². The molecule has 0 aliphatic rings. The van der Waals surface area contributed by atoms with Crippen LogP contribution in [0.2, 0.25) is 0 Å². The van der Waals surface area contributed by atoms with Gasteiger partial charge in [-0.3, -0.25) is 4.98 Å². The van der Waals surface area contributed by atoms with Crippen LogP contribution in [-0.4, -0.2) is 24.3 Å². The fourth-order valence-corrected chi connectivity index (χ4v) is 5.11. The second-order valence-electron chi connectivity index (χ2n) is 12.2. The van der Waals surface area contributed by atoms with Crippen molar-refractivity contribution in [2.75, 3.05) is 0 Å². The number of nitrogens with zero attached hydrogens (tertiary/aromatic N) is 5. The Morgan fingerprint density at radius 2 is 1.32 bits per heavy atom. The van der Waals surface area contributed by atoms with Crippen molar-refractivity contribution >= 4 is 21.8 Å². The van der Waals surface area contributed by atoms with Crippen molar-refractivity contribution in [3.05, 3.63) is 77.7 Å². The molecule has 0 aliphatic carbocycles. The summed E-state index contributed by atoms with van der Waals surface area (Å²) in [7, 11) is 0. The van der Waals surface area contributed by atoms with Gasteiger partial charge in [-0.2, -0.15) is 5.10 Å². The van der Waals surface area contributed by atoms with Crippen molar-refractivity contribution in [2.45, 2.75) is 85.2 Å². The SMILES string of the molecule is Cc1nc(-c2ccccn2)n(CCCCn2c3ccc(C(C)(C)C)cc3c3cc(C(C)(C)C)ccc32)n1. The van der Waals surface area contributed by atoms with Gasteiger partial charge in [0.15, 0.2) is 5.82 Å². The Bertz CT molecular complexity index is 1470. The fourth-order valence-electron chi connectivity index (χ4n) is 5.11. The zero-order valence-corrected chi connectivity index (χ0v) is 23.3. The van der Waals surface area contributed by atoms with E-state index in [1.165, 1.54) is 32.9 Å². The van der Waals surface area contributed by atoms with Gasteiger partial charge < -0.3 is 4.57 Å². The number of pyridine rings is 1. The molecule has 5 heteroatoms. The van der Waals surface area contributed by atoms with Crippen LogP contribution in [0.5, 0.6) is 0 Å². The second kappa shape index (κ2) is 9.44. The maximum atomic E-state index is 4.65. The average Bonchev–Trinajstić information content (AvgIpc) is 3.38. The van der Waals surface area contributed by atoms with Gasteiger partial charge in [0.1, 0.15) is 11.5 Å². The average molecular weight is 494 g/mol. The molecule has 0 aliphatic heterocycles. The number of hydrogen-bond acceptors (Lipinski definition) is 3. The number of hydrogen-bond donors (Lipinski definition) is 0. The summed E-state index contributed by atoms with van der Waals surface area (Å²) >= 11 is 0. The van der Waals surface area contributed by atoms with Crippen molar-refractivity contribution in [3.63, 3.8) is 0 Å². The molecule has 0 fully saturated rings. The van der Waals surface area contributed by atoms with Gasteiger partial charge in [-0.15, -0.1) is 0 Å². The third-order valence-electron chi connectivity index (χ3n) is 7.27. The number of fused-ring (bicyclic) bond motifs is 3. The maximum absolute atomic E-state index is 4.65. The number of aromatic nitrogens is 5. The van der Waals surface area contributed by atoms with E-state index in [0.717, 1.165) is 43.3 Å². The fraction of sp³-hybridized carbons (Fsp3) is 0.406. The predicted molar refractivity (Wildman–Crippen MR) is 154 cm³/mol. The molecule has 0 unspecified atom stereocenters. The van der Waals surface area contributed by atoms with Gasteiger partial charge in [0.2, 0.25) is 0 Å². The van der Waals surface area contributed by atoms with Crippen molar-refractivity contribution in [2.24, 2.45) is 0 Å². The molecule has 37 heavy (non-hydrogen) atoms. The molecule has 5 rings (SSSR count). The molecule has 0 saturated heterocycles. The highest BCUT2D eigenvalue weighted by atomic mass is 15.3. The first-order chi connectivity index (χ1) is 17.5. The van der Waals surface area contributed by atoms with E-state index in [2.05, 4.69) is 97.6 Å². The zero-order chi connectivity index (χ0) is 26.4. The molecule has 0 saturated carbocycles. The van der Waals surface area contributed by atoms with E-state index in [0.29, 0.717) is 0 Å². The molecule has 5 nitrogen and oxygen atoms in total. The summed E-state index contributed by atoms with van der Waals surface area (Å²) in [6, 6.07) is 20.0. The maximum Gasteiger partial charge on any atom is 0.177 e. The Morgan fingerprint density at radius 3 is 1.86 bits per heavy atom. The number of benzene rings is 2. The zero-order valence-electron chi connectivity index (χ0n) is 23.3. The third-order valence-corrected chi connectivity index (χ3v) is 7.27. The first kappa shape index (κ1) is 25.2. The monoisotopic (exact) mass is 493 g/mol. The van der Waals surface area contributed by atoms with Gasteiger partial charge in [0, 0.05) is 41.1 Å². The van der Waals surface area contributed by atoms with Gasteiger partial charge in [0.25, 0.3) is 0 Å². The first-order valence-corrected chi connectivity index (χ1v) is 13.4. The van der Waals surface area contributed by atoms with Crippen molar-refractivity contribution in [1.29, 1.82) is 0 Å². The Labute approximate surface area is 220 Å². The van der Waals surface area contributed by atoms with Crippen LogP contribution in [0.1, 0.15) is 71.3 Å². The summed E-state index contributed by atoms with van der Waals surface area (Å²) in [6.07, 6.45) is 3.88. The predicted octanol–water partition coefficient (Wildman–Crippen LogP) is 7.83. The standard InChI is InChI=1S/C32H39N5/c1-22-34-30(27-12-8-9-17-33-27)37(35-22)19-11-10-18-36-28-15-13-23(31(2,3)4)20-25(28)26-21-24(32(5,6)7)14-16-29(26)36/h8-9,12-17,20-21H,10-11,18-19H2,1-7H3. The van der Waals surface area contributed by atoms with Gasteiger partial charge in [0.05, 0.1) is 0 Å². The molecule has 0 amide bonds. The summed E-state index contributed by atoms with van der Waals surface area (Å²) in [6.45, 7) is 17.5. The normalized spacial score (nSPS) is 12.6. The minimum Gasteiger partial charge on any atom is -0.340 e. The van der Waals surface area contributed by atoms with Crippen LogP contribution in [0.3, 0.4) is 0 Å². The molecule has 0 spiro atoms. The molecule has 192 valence electrons. The number of rotatable bonds is 6. The van der Waals surface area contributed by atoms with Crippen LogP contribution in [0.15, 0.2) is 60.8 Å². The summed E-state index contributed by atoms with van der Waals surface area (Å²) in [5.74, 6) is 1.63. The quantitative estimate of drug-likeness (QED) is 0.226. The van der Waals surface area contributed by atoms with Gasteiger partial charge >= 0.3 is 0 Å². The van der Waals surface area contributed by atoms with Gasteiger partial charge in [-0.25, -0.2) is 9.67 Å². The lowest BCUT2D eigenvalue weighted by atomic mass is 9.85. The van der Waals surface area contributed by atoms with Crippen LogP contribution >= 0.6 is 0 Å². The molecular formula is C32H39N5. The van der Waals surface area contributed by atoms with E-state index in [1.54, 1.807) is 0 Å². The highest BCUT2D eigenvalue weighted by Crippen LogP contribution is 2.36. The largest absolute Gasteiger partial charge is 0.340 e. The van der Waals surface area contributed by atoms with Crippen molar-refractivity contribution < 1.29 is 0 Å². The Morgan fingerprint density at radius 1 is 0.730 bits per heavy atom. The first-order valence-electron chi connectivity index (χ1n) is 13.4. The van der Waals surface area contributed by atoms with Crippen LogP contribution in [0, 0.1) is 6.92 Å². The molecule has 0 N–H and O–H groups in total. The molecule has 3 aromatic heterocycles. The summed E-state index contributed by atoms with van der Waals surface area (Å²) < 4.78 is 4.52. The van der Waals surface area contributed by atoms with Crippen LogP contribution in [-0.2, 0) is 23.9 Å². The molecule has 5 aromatic rings. The smallest absolute Gasteiger partial charge is 0.177 e. The summed E-state index contributed by atoms with van der Waals surface area (Å²) in [4.78, 5) is 9.11. The van der Waals surface area contributed by atoms with E-state index in [1.807, 2.05) is 36.0 Å². The van der Waals surface area contributed by atoms with Crippen LogP contribution in [0.25, 0.3) is 33.3 Å². The molecule has 0 radical (unpaired) electrons. The number of aryl methyl sites for hydroxylation is 3. The highest BCUT2D eigenvalue weighted by Gasteiger charge is 2.20. The van der Waals surface area contributed by atoms with Crippen molar-refractivity contribution in [1.82, 2.24) is 24.3 Å². The lowest BCUT2D eigenvalue weighted by Gasteiger charge is -2.19. The Hall–Kier alpha value is -3.47. The Balaban J connectivity index is 1.44. The highest BCUT2D eigenvalue weighted by molar-refractivity contribution is 6.08. The Kier molecular flexibility index (Phi) is 6.43. The number of unbranched alkanes of at least 4 members (excludes halogenated alkanes) is 1. The third kappa shape index (κ3) is 5.04. The topological polar surface area (TPSA) is 48.5 Å². The van der Waals surface area contributed by atoms with Gasteiger partial charge in [-0.05, 0) is 78.1 Å². The molecular weight excluding hydrogens is 454 g/mol. The van der Waals surface area contributed by atoms with Gasteiger partial charge in [-0.1, -0.05) is 59.7 Å². The van der Waals surface area contributed by atoms with E-state index in [4.69, 9.17) is 0 Å². The van der Waals surface area contributed by atoms with E-state index >= 15 is 0 Å². The van der Waals surface area contributed by atoms with Crippen LogP contribution < -0.4 is 0 Å². The second-order valence-corrected chi connectivity index (χ2v) is 12.2. The van der Waals surface area contributed by atoms with Crippen molar-refractivity contribution in [3.8, 4) is 11.5 Å². The summed E-state index contributed by atoms with van der Waals surface area (Å²) in [5.41, 5.74) is 6.50. The molecule has 0 bridgehead atoms. The van der Waals surface area contributed by atoms with E-state index in [9.17, 15) is 0 Å². The van der Waals surface area contributed by atoms with E-state index < -0.39 is 0 Å². The molecule has 3 heterocycles.